The minimum Gasteiger partial charge on any atom is -0.309 e. The summed E-state index contributed by atoms with van der Waals surface area (Å²) in [6.45, 7) is 0. The summed E-state index contributed by atoms with van der Waals surface area (Å²) < 4.78 is 4.72. The van der Waals surface area contributed by atoms with E-state index in [1.165, 1.54) is 32.6 Å². The lowest BCUT2D eigenvalue weighted by molar-refractivity contribution is 1.08. The van der Waals surface area contributed by atoms with Gasteiger partial charge >= 0.3 is 0 Å². The van der Waals surface area contributed by atoms with Gasteiger partial charge < -0.3 is 9.13 Å². The number of nitrogens with zero attached hydrogens (tertiary/aromatic N) is 5. The molecule has 12 aromatic rings. The molecule has 12 rings (SSSR count). The molecule has 5 nitrogen and oxygen atoms in total. The van der Waals surface area contributed by atoms with Crippen LogP contribution in [0.5, 0.6) is 0 Å². The van der Waals surface area contributed by atoms with Crippen LogP contribution in [0.3, 0.4) is 0 Å². The summed E-state index contributed by atoms with van der Waals surface area (Å²) in [6, 6.07) is 75.1. The van der Waals surface area contributed by atoms with Gasteiger partial charge in [-0.2, -0.15) is 0 Å². The van der Waals surface area contributed by atoms with Crippen LogP contribution in [0.2, 0.25) is 0 Å². The third-order valence-electron chi connectivity index (χ3n) is 11.7. The largest absolute Gasteiger partial charge is 0.309 e. The predicted molar refractivity (Wildman–Crippen MR) is 248 cm³/mol. The molecule has 0 saturated heterocycles. The van der Waals surface area contributed by atoms with Crippen LogP contribution in [0.25, 0.3) is 111 Å². The average Bonchev–Trinajstić information content (AvgIpc) is 3.84. The topological polar surface area (TPSA) is 48.5 Å². The maximum absolute atomic E-state index is 5.29. The molecule has 0 N–H and O–H groups in total. The van der Waals surface area contributed by atoms with E-state index in [-0.39, 0.29) is 0 Å². The minimum atomic E-state index is 0.620. The highest BCUT2D eigenvalue weighted by Crippen LogP contribution is 2.39. The fraction of sp³-hybridized carbons (Fsp3) is 0. The van der Waals surface area contributed by atoms with Crippen molar-refractivity contribution in [2.24, 2.45) is 0 Å². The number of para-hydroxylation sites is 3. The molecule has 0 bridgehead atoms. The van der Waals surface area contributed by atoms with Crippen LogP contribution in [0.1, 0.15) is 0 Å². The first-order valence-corrected chi connectivity index (χ1v) is 20.3. The molecule has 0 aliphatic heterocycles. The van der Waals surface area contributed by atoms with Crippen molar-refractivity contribution in [2.75, 3.05) is 0 Å². The fourth-order valence-electron chi connectivity index (χ4n) is 9.00. The molecule has 0 radical (unpaired) electrons. The summed E-state index contributed by atoms with van der Waals surface area (Å²) in [5, 5.41) is 7.21. The van der Waals surface area contributed by atoms with Crippen LogP contribution < -0.4 is 0 Å². The number of hydrogen-bond acceptors (Lipinski definition) is 3. The Bertz CT molecular complexity index is 3600. The summed E-state index contributed by atoms with van der Waals surface area (Å²) in [7, 11) is 0. The molecule has 3 heterocycles. The molecule has 0 aliphatic rings. The molecule has 0 unspecified atom stereocenters. The van der Waals surface area contributed by atoms with Gasteiger partial charge in [-0.3, -0.25) is 0 Å². The van der Waals surface area contributed by atoms with Crippen molar-refractivity contribution >= 4 is 54.4 Å². The van der Waals surface area contributed by atoms with Crippen molar-refractivity contribution in [1.29, 1.82) is 0 Å². The molecule has 3 aromatic heterocycles. The van der Waals surface area contributed by atoms with Gasteiger partial charge in [0.1, 0.15) is 0 Å². The number of hydrogen-bond donors (Lipinski definition) is 0. The van der Waals surface area contributed by atoms with E-state index in [9.17, 15) is 0 Å². The zero-order chi connectivity index (χ0) is 39.6. The molecule has 0 aliphatic carbocycles. The van der Waals surface area contributed by atoms with Crippen molar-refractivity contribution in [2.45, 2.75) is 0 Å². The van der Waals surface area contributed by atoms with Crippen molar-refractivity contribution in [3.63, 3.8) is 0 Å². The predicted octanol–water partition coefficient (Wildman–Crippen LogP) is 13.9. The van der Waals surface area contributed by atoms with Gasteiger partial charge in [0.25, 0.3) is 0 Å². The molecule has 280 valence electrons. The van der Waals surface area contributed by atoms with Crippen LogP contribution in [0, 0.1) is 0 Å². The highest BCUT2D eigenvalue weighted by atomic mass is 15.0. The average molecular weight is 766 g/mol. The molecule has 0 fully saturated rings. The Labute approximate surface area is 346 Å². The number of benzene rings is 9. The first-order valence-electron chi connectivity index (χ1n) is 20.3. The van der Waals surface area contributed by atoms with Crippen molar-refractivity contribution in [3.05, 3.63) is 212 Å². The summed E-state index contributed by atoms with van der Waals surface area (Å²) >= 11 is 0. The Hall–Kier alpha value is -8.15. The van der Waals surface area contributed by atoms with E-state index in [0.29, 0.717) is 17.5 Å². The fourth-order valence-corrected chi connectivity index (χ4v) is 9.00. The van der Waals surface area contributed by atoms with E-state index < -0.39 is 0 Å². The lowest BCUT2D eigenvalue weighted by Crippen LogP contribution is -2.01. The van der Waals surface area contributed by atoms with Crippen LogP contribution >= 0.6 is 0 Å². The van der Waals surface area contributed by atoms with Crippen molar-refractivity contribution in [3.8, 4) is 56.7 Å². The van der Waals surface area contributed by atoms with Crippen LogP contribution in [0.4, 0.5) is 0 Å². The van der Waals surface area contributed by atoms with Gasteiger partial charge in [0.15, 0.2) is 17.5 Å². The first-order chi connectivity index (χ1) is 29.7. The second kappa shape index (κ2) is 13.8. The van der Waals surface area contributed by atoms with Crippen LogP contribution in [-0.2, 0) is 0 Å². The lowest BCUT2D eigenvalue weighted by atomic mass is 10.0. The summed E-state index contributed by atoms with van der Waals surface area (Å²) in [6.07, 6.45) is 0. The molecule has 60 heavy (non-hydrogen) atoms. The van der Waals surface area contributed by atoms with Gasteiger partial charge in [0.2, 0.25) is 0 Å². The van der Waals surface area contributed by atoms with Crippen LogP contribution in [-0.4, -0.2) is 24.1 Å². The van der Waals surface area contributed by atoms with Gasteiger partial charge in [-0.15, -0.1) is 0 Å². The third-order valence-corrected chi connectivity index (χ3v) is 11.7. The van der Waals surface area contributed by atoms with E-state index in [1.807, 2.05) is 18.2 Å². The second-order valence-corrected chi connectivity index (χ2v) is 15.3. The smallest absolute Gasteiger partial charge is 0.164 e. The molecule has 0 saturated carbocycles. The molecule has 9 aromatic carbocycles. The van der Waals surface area contributed by atoms with E-state index in [0.717, 1.165) is 61.0 Å². The molecule has 0 atom stereocenters. The van der Waals surface area contributed by atoms with E-state index >= 15 is 0 Å². The highest BCUT2D eigenvalue weighted by molar-refractivity contribution is 6.16. The van der Waals surface area contributed by atoms with Gasteiger partial charge in [0.05, 0.1) is 22.1 Å². The molecule has 0 spiro atoms. The van der Waals surface area contributed by atoms with Gasteiger partial charge in [0, 0.05) is 49.6 Å². The van der Waals surface area contributed by atoms with Crippen LogP contribution in [0.15, 0.2) is 212 Å². The maximum Gasteiger partial charge on any atom is 0.164 e. The molecular weight excluding hydrogens is 731 g/mol. The third kappa shape index (κ3) is 5.52. The quantitative estimate of drug-likeness (QED) is 0.169. The Balaban J connectivity index is 1.02. The second-order valence-electron chi connectivity index (χ2n) is 15.3. The molecular formula is C55H35N5. The summed E-state index contributed by atoms with van der Waals surface area (Å²) in [5.74, 6) is 1.88. The summed E-state index contributed by atoms with van der Waals surface area (Å²) in [4.78, 5) is 15.6. The van der Waals surface area contributed by atoms with Gasteiger partial charge in [-0.05, 0) is 82.6 Å². The first kappa shape index (κ1) is 33.9. The van der Waals surface area contributed by atoms with E-state index in [2.05, 4.69) is 203 Å². The minimum absolute atomic E-state index is 0.620. The Morgan fingerprint density at radius 1 is 0.283 bits per heavy atom. The zero-order valence-corrected chi connectivity index (χ0v) is 32.4. The monoisotopic (exact) mass is 765 g/mol. The molecule has 0 amide bonds. The Kier molecular flexibility index (Phi) is 7.78. The number of aromatic nitrogens is 5. The highest BCUT2D eigenvalue weighted by Gasteiger charge is 2.20. The van der Waals surface area contributed by atoms with Gasteiger partial charge in [-0.1, -0.05) is 152 Å². The maximum atomic E-state index is 5.29. The number of fused-ring (bicyclic) bond motifs is 7. The number of rotatable bonds is 6. The van der Waals surface area contributed by atoms with Gasteiger partial charge in [-0.25, -0.2) is 15.0 Å². The zero-order valence-electron chi connectivity index (χ0n) is 32.4. The normalized spacial score (nSPS) is 11.7. The SMILES string of the molecule is c1ccc(-c2nc(-c3cccc(-c4cccc(-n5c6ccccc6c6cc7ccccc7cc65)c4)c3)nc(-c3cccc4c3c3ccccc3n4-c3ccccc3)n2)cc1. The van der Waals surface area contributed by atoms with E-state index in [1.54, 1.807) is 0 Å². The van der Waals surface area contributed by atoms with Crippen molar-refractivity contribution < 1.29 is 0 Å². The van der Waals surface area contributed by atoms with Crippen molar-refractivity contribution in [1.82, 2.24) is 24.1 Å². The Morgan fingerprint density at radius 2 is 0.800 bits per heavy atom. The Morgan fingerprint density at radius 3 is 1.60 bits per heavy atom. The standard InChI is InChI=1S/C55H35N5/c1-3-16-36(17-4-1)53-56-54(58-55(57-53)46-28-15-31-50-52(46)45-27-10-12-30-49(45)59(50)42-23-5-2-6-24-42)41-22-13-20-37(32-41)38-21-14-25-43(33-38)60-48-29-11-9-26-44(48)47-34-39-18-7-8-19-40(39)35-51(47)60/h1-35H. The van der Waals surface area contributed by atoms with E-state index in [4.69, 9.17) is 15.0 Å². The summed E-state index contributed by atoms with van der Waals surface area (Å²) in [5.41, 5.74) is 11.8. The molecule has 5 heteroatoms. The lowest BCUT2D eigenvalue weighted by Gasteiger charge is -2.12.